The fourth-order valence-electron chi connectivity index (χ4n) is 3.92. The Morgan fingerprint density at radius 3 is 2.43 bits per heavy atom. The zero-order chi connectivity index (χ0) is 21.9. The van der Waals surface area contributed by atoms with Gasteiger partial charge in [-0.2, -0.15) is 4.31 Å². The van der Waals surface area contributed by atoms with E-state index in [0.717, 1.165) is 28.9 Å². The van der Waals surface area contributed by atoms with Crippen molar-refractivity contribution in [2.45, 2.75) is 25.2 Å². The number of esters is 1. The molecule has 2 aliphatic heterocycles. The predicted octanol–water partition coefficient (Wildman–Crippen LogP) is 1.51. The van der Waals surface area contributed by atoms with Crippen LogP contribution in [0, 0.1) is 17.7 Å². The summed E-state index contributed by atoms with van der Waals surface area (Å²) in [5.74, 6) is -1.38. The molecule has 0 aromatic heterocycles. The van der Waals surface area contributed by atoms with E-state index in [-0.39, 0.29) is 37.8 Å². The molecule has 0 radical (unpaired) electrons. The molecule has 2 aliphatic rings. The van der Waals surface area contributed by atoms with Crippen molar-refractivity contribution < 1.29 is 31.9 Å². The Bertz CT molecular complexity index is 891. The molecule has 2 saturated heterocycles. The highest BCUT2D eigenvalue weighted by molar-refractivity contribution is 7.89. The molecule has 0 saturated carbocycles. The van der Waals surface area contributed by atoms with Crippen molar-refractivity contribution in [1.82, 2.24) is 9.21 Å². The number of carbonyl (C=O) groups is 2. The fraction of sp³-hybridized carbons (Fsp3) is 0.600. The number of sulfonamides is 1. The molecule has 2 atom stereocenters. The molecular weight excluding hydrogens is 415 g/mol. The van der Waals surface area contributed by atoms with Crippen LogP contribution in [0.4, 0.5) is 4.39 Å². The number of likely N-dealkylation sites (tertiary alicyclic amines) is 1. The van der Waals surface area contributed by atoms with Crippen LogP contribution in [0.3, 0.4) is 0 Å². The Kier molecular flexibility index (Phi) is 7.10. The van der Waals surface area contributed by atoms with Crippen LogP contribution < -0.4 is 0 Å². The number of hydrogen-bond acceptors (Lipinski definition) is 6. The first-order valence-electron chi connectivity index (χ1n) is 10.0. The summed E-state index contributed by atoms with van der Waals surface area (Å²) < 4.78 is 51.1. The highest BCUT2D eigenvalue weighted by Crippen LogP contribution is 2.23. The van der Waals surface area contributed by atoms with E-state index in [1.165, 1.54) is 0 Å². The maximum atomic E-state index is 14.3. The summed E-state index contributed by atoms with van der Waals surface area (Å²) in [6.45, 7) is 5.57. The minimum absolute atomic E-state index is 0.109. The lowest BCUT2D eigenvalue weighted by atomic mass is 9.92. The lowest BCUT2D eigenvalue weighted by molar-refractivity contribution is -0.137. The number of benzene rings is 1. The third-order valence-electron chi connectivity index (χ3n) is 5.30. The van der Waals surface area contributed by atoms with Gasteiger partial charge in [0.25, 0.3) is 5.91 Å². The number of carbonyl (C=O) groups excluding carboxylic acids is 2. The SMILES string of the molecule is CC1CC(C)CN(C(=O)COC(=O)c2ccc(F)c(S(=O)(=O)N3CCOCC3)c2)C1. The first-order chi connectivity index (χ1) is 14.2. The van der Waals surface area contributed by atoms with Gasteiger partial charge in [-0.05, 0) is 36.5 Å². The van der Waals surface area contributed by atoms with E-state index in [9.17, 15) is 22.4 Å². The summed E-state index contributed by atoms with van der Waals surface area (Å²) >= 11 is 0. The summed E-state index contributed by atoms with van der Waals surface area (Å²) in [5.41, 5.74) is -0.128. The minimum atomic E-state index is -4.11. The highest BCUT2D eigenvalue weighted by Gasteiger charge is 2.30. The van der Waals surface area contributed by atoms with E-state index in [1.54, 1.807) is 4.90 Å². The molecule has 0 spiro atoms. The zero-order valence-corrected chi connectivity index (χ0v) is 18.0. The van der Waals surface area contributed by atoms with Gasteiger partial charge in [0.05, 0.1) is 18.8 Å². The van der Waals surface area contributed by atoms with Gasteiger partial charge in [-0.1, -0.05) is 13.8 Å². The van der Waals surface area contributed by atoms with Crippen molar-refractivity contribution in [2.24, 2.45) is 11.8 Å². The van der Waals surface area contributed by atoms with E-state index in [0.29, 0.717) is 24.9 Å². The molecule has 1 amide bonds. The van der Waals surface area contributed by atoms with E-state index < -0.39 is 33.3 Å². The molecule has 1 aromatic carbocycles. The van der Waals surface area contributed by atoms with Gasteiger partial charge in [-0.15, -0.1) is 0 Å². The van der Waals surface area contributed by atoms with E-state index >= 15 is 0 Å². The summed E-state index contributed by atoms with van der Waals surface area (Å²) in [5, 5.41) is 0. The number of morpholine rings is 1. The second kappa shape index (κ2) is 9.40. The molecule has 0 bridgehead atoms. The molecule has 2 unspecified atom stereocenters. The van der Waals surface area contributed by atoms with E-state index in [4.69, 9.17) is 9.47 Å². The molecule has 30 heavy (non-hydrogen) atoms. The number of piperidine rings is 1. The van der Waals surface area contributed by atoms with E-state index in [1.807, 2.05) is 0 Å². The van der Waals surface area contributed by atoms with E-state index in [2.05, 4.69) is 13.8 Å². The van der Waals surface area contributed by atoms with Crippen LogP contribution in [0.1, 0.15) is 30.6 Å². The van der Waals surface area contributed by atoms with Gasteiger partial charge in [-0.3, -0.25) is 4.79 Å². The second-order valence-electron chi connectivity index (χ2n) is 7.98. The monoisotopic (exact) mass is 442 g/mol. The Hall–Kier alpha value is -2.04. The second-order valence-corrected chi connectivity index (χ2v) is 9.89. The van der Waals surface area contributed by atoms with Crippen LogP contribution in [0.25, 0.3) is 0 Å². The quantitative estimate of drug-likeness (QED) is 0.642. The number of nitrogens with zero attached hydrogens (tertiary/aromatic N) is 2. The number of amides is 1. The molecule has 8 nitrogen and oxygen atoms in total. The smallest absolute Gasteiger partial charge is 0.338 e. The number of rotatable bonds is 5. The Morgan fingerprint density at radius 2 is 1.80 bits per heavy atom. The molecule has 166 valence electrons. The molecule has 3 rings (SSSR count). The summed E-state index contributed by atoms with van der Waals surface area (Å²) in [4.78, 5) is 25.8. The largest absolute Gasteiger partial charge is 0.452 e. The standard InChI is InChI=1S/C20H27FN2O6S/c1-14-9-15(2)12-22(11-14)19(24)13-29-20(25)16-3-4-17(21)18(10-16)30(26,27)23-5-7-28-8-6-23/h3-4,10,14-15H,5-9,11-13H2,1-2H3. The van der Waals surface area contributed by atoms with Crippen LogP contribution in [0.5, 0.6) is 0 Å². The Morgan fingerprint density at radius 1 is 1.17 bits per heavy atom. The third-order valence-corrected chi connectivity index (χ3v) is 7.22. The highest BCUT2D eigenvalue weighted by atomic mass is 32.2. The average Bonchev–Trinajstić information content (AvgIpc) is 2.71. The van der Waals surface area contributed by atoms with Gasteiger partial charge < -0.3 is 14.4 Å². The summed E-state index contributed by atoms with van der Waals surface area (Å²) in [7, 11) is -4.11. The molecule has 2 heterocycles. The number of halogens is 1. The zero-order valence-electron chi connectivity index (χ0n) is 17.2. The lowest BCUT2D eigenvalue weighted by Gasteiger charge is -2.34. The molecule has 10 heteroatoms. The van der Waals surface area contributed by atoms with Gasteiger partial charge in [0.15, 0.2) is 6.61 Å². The number of hydrogen-bond donors (Lipinski definition) is 0. The minimum Gasteiger partial charge on any atom is -0.452 e. The normalized spacial score (nSPS) is 23.2. The van der Waals surface area contributed by atoms with Gasteiger partial charge in [0, 0.05) is 26.2 Å². The van der Waals surface area contributed by atoms with Crippen molar-refractivity contribution in [3.05, 3.63) is 29.6 Å². The summed E-state index contributed by atoms with van der Waals surface area (Å²) in [6.07, 6.45) is 1.04. The van der Waals surface area contributed by atoms with Crippen molar-refractivity contribution in [3.8, 4) is 0 Å². The van der Waals surface area contributed by atoms with Crippen molar-refractivity contribution in [2.75, 3.05) is 46.0 Å². The maximum absolute atomic E-state index is 14.3. The van der Waals surface area contributed by atoms with Gasteiger partial charge >= 0.3 is 5.97 Å². The number of ether oxygens (including phenoxy) is 2. The van der Waals surface area contributed by atoms with Crippen molar-refractivity contribution >= 4 is 21.9 Å². The van der Waals surface area contributed by atoms with Crippen molar-refractivity contribution in [1.29, 1.82) is 0 Å². The summed E-state index contributed by atoms with van der Waals surface area (Å²) in [6, 6.07) is 3.02. The first kappa shape index (κ1) is 22.6. The van der Waals surface area contributed by atoms with Crippen LogP contribution in [-0.2, 0) is 24.3 Å². The van der Waals surface area contributed by atoms with Crippen molar-refractivity contribution in [3.63, 3.8) is 0 Å². The maximum Gasteiger partial charge on any atom is 0.338 e. The molecule has 0 aliphatic carbocycles. The van der Waals surface area contributed by atoms with Crippen LogP contribution in [0.2, 0.25) is 0 Å². The van der Waals surface area contributed by atoms with Crippen LogP contribution in [0.15, 0.2) is 23.1 Å². The predicted molar refractivity (Wildman–Crippen MR) is 106 cm³/mol. The molecule has 1 aromatic rings. The fourth-order valence-corrected chi connectivity index (χ4v) is 5.42. The average molecular weight is 443 g/mol. The topological polar surface area (TPSA) is 93.2 Å². The molecule has 2 fully saturated rings. The molecule has 0 N–H and O–H groups in total. The van der Waals surface area contributed by atoms with Gasteiger partial charge in [-0.25, -0.2) is 17.6 Å². The lowest BCUT2D eigenvalue weighted by Crippen LogP contribution is -2.44. The third kappa shape index (κ3) is 5.16. The Balaban J connectivity index is 1.68. The first-order valence-corrected chi connectivity index (χ1v) is 11.4. The Labute approximate surface area is 176 Å². The van der Waals surface area contributed by atoms with Gasteiger partial charge in [0.2, 0.25) is 10.0 Å². The van der Waals surface area contributed by atoms with Gasteiger partial charge in [0.1, 0.15) is 10.7 Å². The van der Waals surface area contributed by atoms with Crippen LogP contribution in [-0.4, -0.2) is 75.5 Å². The van der Waals surface area contributed by atoms with Crippen LogP contribution >= 0.6 is 0 Å². The molecular formula is C20H27FN2O6S.